The third-order valence-electron chi connectivity index (χ3n) is 1.92. The number of rotatable bonds is 4. The molecule has 92 valence electrons. The summed E-state index contributed by atoms with van der Waals surface area (Å²) in [6.07, 6.45) is 1.84. The van der Waals surface area contributed by atoms with Gasteiger partial charge in [0.2, 0.25) is 5.91 Å². The lowest BCUT2D eigenvalue weighted by atomic mass is 10.2. The van der Waals surface area contributed by atoms with Gasteiger partial charge in [0.05, 0.1) is 16.5 Å². The molecule has 0 atom stereocenters. The Hall–Kier alpha value is -1.40. The number of anilines is 1. The molecule has 7 heteroatoms. The first kappa shape index (κ1) is 13.7. The summed E-state index contributed by atoms with van der Waals surface area (Å²) in [6, 6.07) is 4.73. The van der Waals surface area contributed by atoms with Crippen LogP contribution in [0.5, 0.6) is 0 Å². The molecule has 0 aliphatic rings. The van der Waals surface area contributed by atoms with E-state index >= 15 is 0 Å². The van der Waals surface area contributed by atoms with Crippen molar-refractivity contribution >= 4 is 40.8 Å². The zero-order chi connectivity index (χ0) is 12.8. The van der Waals surface area contributed by atoms with Crippen LogP contribution in [0.25, 0.3) is 0 Å². The Morgan fingerprint density at radius 1 is 1.65 bits per heavy atom. The van der Waals surface area contributed by atoms with Gasteiger partial charge < -0.3 is 16.3 Å². The van der Waals surface area contributed by atoms with Crippen LogP contribution in [-0.2, 0) is 4.79 Å². The van der Waals surface area contributed by atoms with Crippen molar-refractivity contribution in [2.45, 2.75) is 0 Å². The number of hydrogen-bond acceptors (Lipinski definition) is 4. The van der Waals surface area contributed by atoms with Gasteiger partial charge in [0.1, 0.15) is 0 Å². The van der Waals surface area contributed by atoms with Crippen LogP contribution in [-0.4, -0.2) is 29.0 Å². The predicted molar refractivity (Wildman–Crippen MR) is 71.0 cm³/mol. The number of oxime groups is 1. The van der Waals surface area contributed by atoms with Gasteiger partial charge in [-0.25, -0.2) is 0 Å². The highest BCUT2D eigenvalue weighted by molar-refractivity contribution is 7.99. The Balaban J connectivity index is 2.87. The van der Waals surface area contributed by atoms with Gasteiger partial charge in [-0.2, -0.15) is 11.8 Å². The second kappa shape index (κ2) is 6.36. The molecule has 17 heavy (non-hydrogen) atoms. The van der Waals surface area contributed by atoms with Gasteiger partial charge in [-0.05, 0) is 24.5 Å². The first-order valence-electron chi connectivity index (χ1n) is 4.64. The molecule has 0 heterocycles. The number of nitrogens with zero attached hydrogens (tertiary/aromatic N) is 1. The molecule has 4 N–H and O–H groups in total. The summed E-state index contributed by atoms with van der Waals surface area (Å²) in [5.41, 5.74) is 6.40. The summed E-state index contributed by atoms with van der Waals surface area (Å²) in [5.74, 6) is 0.197. The Bertz CT molecular complexity index is 451. The minimum atomic E-state index is -0.129. The molecule has 1 aromatic rings. The number of nitrogens with two attached hydrogens (primary N) is 1. The molecule has 1 rings (SSSR count). The van der Waals surface area contributed by atoms with Crippen LogP contribution in [0.15, 0.2) is 23.4 Å². The van der Waals surface area contributed by atoms with Crippen LogP contribution in [0.1, 0.15) is 5.56 Å². The van der Waals surface area contributed by atoms with Gasteiger partial charge in [-0.15, -0.1) is 0 Å². The molecule has 0 aliphatic heterocycles. The first-order valence-corrected chi connectivity index (χ1v) is 6.42. The van der Waals surface area contributed by atoms with Gasteiger partial charge in [-0.3, -0.25) is 4.79 Å². The number of hydrogen-bond donors (Lipinski definition) is 3. The number of amidine groups is 1. The average molecular weight is 274 g/mol. The molecule has 0 aliphatic carbocycles. The summed E-state index contributed by atoms with van der Waals surface area (Å²) >= 11 is 7.38. The van der Waals surface area contributed by atoms with E-state index in [2.05, 4.69) is 10.5 Å². The quantitative estimate of drug-likeness (QED) is 0.337. The summed E-state index contributed by atoms with van der Waals surface area (Å²) < 4.78 is 0. The fourth-order valence-electron chi connectivity index (χ4n) is 1.15. The normalized spacial score (nSPS) is 11.3. The highest BCUT2D eigenvalue weighted by Crippen LogP contribution is 2.23. The van der Waals surface area contributed by atoms with E-state index in [0.717, 1.165) is 0 Å². The van der Waals surface area contributed by atoms with Crippen molar-refractivity contribution in [2.75, 3.05) is 17.3 Å². The lowest BCUT2D eigenvalue weighted by molar-refractivity contribution is -0.113. The van der Waals surface area contributed by atoms with Gasteiger partial charge in [0.15, 0.2) is 5.84 Å². The smallest absolute Gasteiger partial charge is 0.234 e. The number of halogens is 1. The zero-order valence-corrected chi connectivity index (χ0v) is 10.7. The van der Waals surface area contributed by atoms with Crippen LogP contribution < -0.4 is 11.1 Å². The summed E-state index contributed by atoms with van der Waals surface area (Å²) in [4.78, 5) is 11.4. The van der Waals surface area contributed by atoms with Crippen LogP contribution in [0, 0.1) is 0 Å². The average Bonchev–Trinajstić information content (AvgIpc) is 2.31. The molecule has 0 spiro atoms. The molecule has 0 fully saturated rings. The van der Waals surface area contributed by atoms with Crippen molar-refractivity contribution in [2.24, 2.45) is 10.9 Å². The van der Waals surface area contributed by atoms with Crippen molar-refractivity contribution in [3.05, 3.63) is 28.8 Å². The number of benzene rings is 1. The number of carbonyl (C=O) groups is 1. The van der Waals surface area contributed by atoms with Gasteiger partial charge in [0.25, 0.3) is 0 Å². The largest absolute Gasteiger partial charge is 0.409 e. The Morgan fingerprint density at radius 3 is 2.88 bits per heavy atom. The van der Waals surface area contributed by atoms with Crippen molar-refractivity contribution < 1.29 is 10.0 Å². The van der Waals surface area contributed by atoms with Crippen molar-refractivity contribution in [1.82, 2.24) is 0 Å². The van der Waals surface area contributed by atoms with Crippen LogP contribution in [0.4, 0.5) is 5.69 Å². The van der Waals surface area contributed by atoms with E-state index < -0.39 is 0 Å². The van der Waals surface area contributed by atoms with E-state index in [4.69, 9.17) is 22.5 Å². The molecule has 0 radical (unpaired) electrons. The molecular weight excluding hydrogens is 262 g/mol. The lowest BCUT2D eigenvalue weighted by Gasteiger charge is -2.07. The number of carbonyl (C=O) groups excluding carboxylic acids is 1. The van der Waals surface area contributed by atoms with Crippen LogP contribution in [0.2, 0.25) is 5.02 Å². The van der Waals surface area contributed by atoms with E-state index in [1.807, 2.05) is 6.26 Å². The maximum atomic E-state index is 11.4. The van der Waals surface area contributed by atoms with E-state index in [0.29, 0.717) is 22.0 Å². The second-order valence-corrected chi connectivity index (χ2v) is 4.43. The van der Waals surface area contributed by atoms with E-state index in [1.165, 1.54) is 17.8 Å². The van der Waals surface area contributed by atoms with Crippen molar-refractivity contribution in [3.8, 4) is 0 Å². The third-order valence-corrected chi connectivity index (χ3v) is 2.79. The summed E-state index contributed by atoms with van der Waals surface area (Å²) in [5, 5.41) is 14.4. The topological polar surface area (TPSA) is 87.7 Å². The fourth-order valence-corrected chi connectivity index (χ4v) is 1.71. The third kappa shape index (κ3) is 3.83. The Morgan fingerprint density at radius 2 is 2.35 bits per heavy atom. The SMILES string of the molecule is CSCC(=O)Nc1ccc(/C(N)=N/O)cc1Cl. The number of thioether (sulfide) groups is 1. The molecule has 1 amide bonds. The predicted octanol–water partition coefficient (Wildman–Crippen LogP) is 1.74. The minimum absolute atomic E-state index is 0.0334. The maximum Gasteiger partial charge on any atom is 0.234 e. The van der Waals surface area contributed by atoms with E-state index in [9.17, 15) is 4.79 Å². The molecule has 0 unspecified atom stereocenters. The van der Waals surface area contributed by atoms with Crippen LogP contribution in [0.3, 0.4) is 0 Å². The van der Waals surface area contributed by atoms with Crippen LogP contribution >= 0.6 is 23.4 Å². The lowest BCUT2D eigenvalue weighted by Crippen LogP contribution is -2.15. The molecule has 0 saturated heterocycles. The molecule has 0 saturated carbocycles. The summed E-state index contributed by atoms with van der Waals surface area (Å²) in [7, 11) is 0. The molecular formula is C10H12ClN3O2S. The van der Waals surface area contributed by atoms with E-state index in [1.54, 1.807) is 12.1 Å². The van der Waals surface area contributed by atoms with Gasteiger partial charge in [0, 0.05) is 5.56 Å². The first-order chi connectivity index (χ1) is 8.08. The highest BCUT2D eigenvalue weighted by atomic mass is 35.5. The highest BCUT2D eigenvalue weighted by Gasteiger charge is 2.07. The van der Waals surface area contributed by atoms with Gasteiger partial charge in [-0.1, -0.05) is 16.8 Å². The monoisotopic (exact) mass is 273 g/mol. The molecule has 5 nitrogen and oxygen atoms in total. The second-order valence-electron chi connectivity index (χ2n) is 3.16. The van der Waals surface area contributed by atoms with Gasteiger partial charge >= 0.3 is 0 Å². The molecule has 1 aromatic carbocycles. The number of nitrogens with one attached hydrogen (secondary N) is 1. The van der Waals surface area contributed by atoms with E-state index in [-0.39, 0.29) is 11.7 Å². The van der Waals surface area contributed by atoms with Crippen molar-refractivity contribution in [1.29, 1.82) is 0 Å². The number of amides is 1. The summed E-state index contributed by atoms with van der Waals surface area (Å²) in [6.45, 7) is 0. The standard InChI is InChI=1S/C10H12ClN3O2S/c1-17-5-9(15)13-8-3-2-6(4-7(8)11)10(12)14-16/h2-4,16H,5H2,1H3,(H2,12,14)(H,13,15). The fraction of sp³-hybridized carbons (Fsp3) is 0.200. The minimum Gasteiger partial charge on any atom is -0.409 e. The zero-order valence-electron chi connectivity index (χ0n) is 9.11. The van der Waals surface area contributed by atoms with Crippen molar-refractivity contribution in [3.63, 3.8) is 0 Å². The molecule has 0 bridgehead atoms. The Kier molecular flexibility index (Phi) is 5.11. The Labute approximate surface area is 108 Å². The molecule has 0 aromatic heterocycles. The maximum absolute atomic E-state index is 11.4.